The minimum absolute atomic E-state index is 0.239. The number of hydrogen-bond acceptors (Lipinski definition) is 4. The van der Waals surface area contributed by atoms with Crippen molar-refractivity contribution >= 4 is 17.6 Å². The fraction of sp³-hybridized carbons (Fsp3) is 0.150. The molecule has 0 fully saturated rings. The molecule has 27 heavy (non-hydrogen) atoms. The summed E-state index contributed by atoms with van der Waals surface area (Å²) in [4.78, 5) is 28.9. The molecule has 2 heterocycles. The number of nitrogens with zero attached hydrogens (tertiary/aromatic N) is 1. The molecule has 0 saturated carbocycles. The molecule has 7 nitrogen and oxygen atoms in total. The smallest absolute Gasteiger partial charge is 0.315 e. The molecule has 0 aliphatic rings. The summed E-state index contributed by atoms with van der Waals surface area (Å²) >= 11 is 0. The summed E-state index contributed by atoms with van der Waals surface area (Å²) in [6.45, 7) is 0.239. The van der Waals surface area contributed by atoms with Gasteiger partial charge in [0.25, 0.3) is 0 Å². The molecular formula is C20H20N4O3. The average molecular weight is 364 g/mol. The van der Waals surface area contributed by atoms with E-state index >= 15 is 0 Å². The number of pyridine rings is 1. The van der Waals surface area contributed by atoms with E-state index < -0.39 is 12.1 Å². The molecule has 2 aromatic heterocycles. The second kappa shape index (κ2) is 9.19. The first-order valence-electron chi connectivity index (χ1n) is 8.52. The minimum atomic E-state index is -0.739. The van der Waals surface area contributed by atoms with Crippen LogP contribution in [-0.2, 0) is 17.8 Å². The van der Waals surface area contributed by atoms with Crippen LogP contribution in [0.25, 0.3) is 0 Å². The maximum absolute atomic E-state index is 12.7. The molecule has 1 atom stereocenters. The Kier molecular flexibility index (Phi) is 6.19. The molecule has 0 unspecified atom stereocenters. The van der Waals surface area contributed by atoms with Gasteiger partial charge in [0.15, 0.2) is 0 Å². The van der Waals surface area contributed by atoms with E-state index in [1.54, 1.807) is 36.7 Å². The van der Waals surface area contributed by atoms with Gasteiger partial charge in [0.1, 0.15) is 11.8 Å². The van der Waals surface area contributed by atoms with E-state index in [0.29, 0.717) is 17.9 Å². The van der Waals surface area contributed by atoms with Crippen molar-refractivity contribution in [3.8, 4) is 0 Å². The van der Waals surface area contributed by atoms with Crippen LogP contribution in [0.3, 0.4) is 0 Å². The zero-order valence-electron chi connectivity index (χ0n) is 14.6. The first-order valence-corrected chi connectivity index (χ1v) is 8.52. The third-order valence-corrected chi connectivity index (χ3v) is 3.86. The second-order valence-electron chi connectivity index (χ2n) is 5.87. The number of anilines is 1. The maximum Gasteiger partial charge on any atom is 0.315 e. The second-order valence-corrected chi connectivity index (χ2v) is 5.87. The lowest BCUT2D eigenvalue weighted by molar-refractivity contribution is -0.117. The Hall–Kier alpha value is -3.61. The summed E-state index contributed by atoms with van der Waals surface area (Å²) in [5.41, 5.74) is 1.56. The normalized spacial score (nSPS) is 11.4. The van der Waals surface area contributed by atoms with Crippen LogP contribution in [0, 0.1) is 0 Å². The maximum atomic E-state index is 12.7. The van der Waals surface area contributed by atoms with Crippen molar-refractivity contribution in [3.63, 3.8) is 0 Å². The van der Waals surface area contributed by atoms with E-state index in [-0.39, 0.29) is 12.5 Å². The van der Waals surface area contributed by atoms with Gasteiger partial charge >= 0.3 is 6.03 Å². The van der Waals surface area contributed by atoms with Gasteiger partial charge in [-0.25, -0.2) is 4.79 Å². The molecule has 1 aromatic carbocycles. The van der Waals surface area contributed by atoms with Crippen LogP contribution in [0.4, 0.5) is 10.5 Å². The third kappa shape index (κ3) is 5.71. The highest BCUT2D eigenvalue weighted by atomic mass is 16.3. The Morgan fingerprint density at radius 3 is 2.48 bits per heavy atom. The van der Waals surface area contributed by atoms with Crippen molar-refractivity contribution in [2.24, 2.45) is 0 Å². The predicted molar refractivity (Wildman–Crippen MR) is 101 cm³/mol. The quantitative estimate of drug-likeness (QED) is 0.601. The van der Waals surface area contributed by atoms with E-state index in [1.807, 2.05) is 30.3 Å². The van der Waals surface area contributed by atoms with E-state index in [4.69, 9.17) is 4.42 Å². The lowest BCUT2D eigenvalue weighted by Crippen LogP contribution is -2.48. The number of carbonyl (C=O) groups excluding carboxylic acids is 2. The highest BCUT2D eigenvalue weighted by Crippen LogP contribution is 2.08. The van der Waals surface area contributed by atoms with Crippen molar-refractivity contribution in [3.05, 3.63) is 84.6 Å². The number of benzene rings is 1. The number of nitrogens with one attached hydrogen (secondary N) is 3. The number of hydrogen-bond donors (Lipinski definition) is 3. The van der Waals surface area contributed by atoms with Crippen LogP contribution in [0.2, 0.25) is 0 Å². The zero-order valence-corrected chi connectivity index (χ0v) is 14.6. The van der Waals surface area contributed by atoms with Gasteiger partial charge in [0, 0.05) is 24.5 Å². The fourth-order valence-electron chi connectivity index (χ4n) is 2.51. The lowest BCUT2D eigenvalue weighted by atomic mass is 10.1. The third-order valence-electron chi connectivity index (χ3n) is 3.86. The van der Waals surface area contributed by atoms with Gasteiger partial charge in [-0.3, -0.25) is 9.78 Å². The van der Waals surface area contributed by atoms with Crippen molar-refractivity contribution in [2.45, 2.75) is 19.0 Å². The Labute approximate surface area is 156 Å². The number of urea groups is 1. The van der Waals surface area contributed by atoms with Crippen molar-refractivity contribution in [1.29, 1.82) is 0 Å². The molecule has 0 aliphatic carbocycles. The van der Waals surface area contributed by atoms with Gasteiger partial charge in [-0.1, -0.05) is 30.3 Å². The SMILES string of the molecule is O=C(NCc1ccco1)N[C@@H](Cc1ccccc1)C(=O)Nc1ccncc1. The summed E-state index contributed by atoms with van der Waals surface area (Å²) in [5.74, 6) is 0.323. The summed E-state index contributed by atoms with van der Waals surface area (Å²) in [7, 11) is 0. The van der Waals surface area contributed by atoms with Crippen LogP contribution in [0.1, 0.15) is 11.3 Å². The molecule has 7 heteroatoms. The highest BCUT2D eigenvalue weighted by Gasteiger charge is 2.21. The van der Waals surface area contributed by atoms with Crippen LogP contribution >= 0.6 is 0 Å². The molecule has 0 radical (unpaired) electrons. The Morgan fingerprint density at radius 2 is 1.78 bits per heavy atom. The van der Waals surface area contributed by atoms with Gasteiger partial charge in [0.2, 0.25) is 5.91 Å². The molecule has 3 N–H and O–H groups in total. The fourth-order valence-corrected chi connectivity index (χ4v) is 2.51. The summed E-state index contributed by atoms with van der Waals surface area (Å²) in [5, 5.41) is 8.21. The monoisotopic (exact) mass is 364 g/mol. The summed E-state index contributed by atoms with van der Waals surface area (Å²) < 4.78 is 5.18. The van der Waals surface area contributed by atoms with Gasteiger partial charge in [-0.2, -0.15) is 0 Å². The molecule has 3 rings (SSSR count). The highest BCUT2D eigenvalue weighted by molar-refractivity contribution is 5.97. The Morgan fingerprint density at radius 1 is 1.00 bits per heavy atom. The Bertz CT molecular complexity index is 851. The molecular weight excluding hydrogens is 344 g/mol. The van der Waals surface area contributed by atoms with E-state index in [2.05, 4.69) is 20.9 Å². The number of carbonyl (C=O) groups is 2. The van der Waals surface area contributed by atoms with E-state index in [1.165, 1.54) is 6.26 Å². The molecule has 3 aromatic rings. The van der Waals surface area contributed by atoms with Crippen LogP contribution in [0.15, 0.2) is 77.7 Å². The molecule has 0 saturated heterocycles. The number of aromatic nitrogens is 1. The summed E-state index contributed by atoms with van der Waals surface area (Å²) in [6.07, 6.45) is 5.08. The molecule has 3 amide bonds. The van der Waals surface area contributed by atoms with Crippen LogP contribution < -0.4 is 16.0 Å². The summed E-state index contributed by atoms with van der Waals surface area (Å²) in [6, 6.07) is 15.2. The number of furan rings is 1. The van der Waals surface area contributed by atoms with Gasteiger partial charge in [-0.15, -0.1) is 0 Å². The molecule has 0 bridgehead atoms. The van der Waals surface area contributed by atoms with Crippen LogP contribution in [-0.4, -0.2) is 23.0 Å². The standard InChI is InChI=1S/C20H20N4O3/c25-19(23-16-8-10-21-11-9-16)18(13-15-5-2-1-3-6-15)24-20(26)22-14-17-7-4-12-27-17/h1-12,18H,13-14H2,(H,21,23,25)(H2,22,24,26)/t18-/m0/s1. The van der Waals surface area contributed by atoms with Crippen LogP contribution in [0.5, 0.6) is 0 Å². The van der Waals surface area contributed by atoms with Gasteiger partial charge in [-0.05, 0) is 29.8 Å². The molecule has 0 aliphatic heterocycles. The first kappa shape index (κ1) is 18.2. The van der Waals surface area contributed by atoms with Gasteiger partial charge < -0.3 is 20.4 Å². The molecule has 0 spiro atoms. The predicted octanol–water partition coefficient (Wildman–Crippen LogP) is 2.72. The van der Waals surface area contributed by atoms with E-state index in [0.717, 1.165) is 5.56 Å². The minimum Gasteiger partial charge on any atom is -0.467 e. The first-order chi connectivity index (χ1) is 13.2. The van der Waals surface area contributed by atoms with E-state index in [9.17, 15) is 9.59 Å². The van der Waals surface area contributed by atoms with Gasteiger partial charge in [0.05, 0.1) is 12.8 Å². The topological polar surface area (TPSA) is 96.3 Å². The van der Waals surface area contributed by atoms with Crippen molar-refractivity contribution < 1.29 is 14.0 Å². The average Bonchev–Trinajstić information content (AvgIpc) is 3.21. The Balaban J connectivity index is 1.64. The number of amides is 3. The zero-order chi connectivity index (χ0) is 18.9. The van der Waals surface area contributed by atoms with Crippen molar-refractivity contribution in [1.82, 2.24) is 15.6 Å². The lowest BCUT2D eigenvalue weighted by Gasteiger charge is -2.19. The van der Waals surface area contributed by atoms with Crippen molar-refractivity contribution in [2.75, 3.05) is 5.32 Å². The largest absolute Gasteiger partial charge is 0.467 e. The number of rotatable bonds is 7. The molecule has 138 valence electrons.